The van der Waals surface area contributed by atoms with Gasteiger partial charge in [0.2, 0.25) is 0 Å². The Kier molecular flexibility index (Phi) is 5.88. The quantitative estimate of drug-likeness (QED) is 0.731. The van der Waals surface area contributed by atoms with Gasteiger partial charge in [-0.15, -0.1) is 0 Å². The maximum Gasteiger partial charge on any atom is 0.410 e. The van der Waals surface area contributed by atoms with Gasteiger partial charge in [0.15, 0.2) is 0 Å². The van der Waals surface area contributed by atoms with E-state index in [9.17, 15) is 4.79 Å². The third-order valence-electron chi connectivity index (χ3n) is 4.04. The van der Waals surface area contributed by atoms with Crippen LogP contribution in [0.15, 0.2) is 0 Å². The van der Waals surface area contributed by atoms with Gasteiger partial charge in [-0.1, -0.05) is 0 Å². The first-order valence-electron chi connectivity index (χ1n) is 8.22. The lowest BCUT2D eigenvalue weighted by atomic mass is 10.1. The van der Waals surface area contributed by atoms with Crippen LogP contribution in [-0.2, 0) is 9.47 Å². The number of carbonyl (C=O) groups excluding carboxylic acids is 1. The Morgan fingerprint density at radius 1 is 1.19 bits per heavy atom. The van der Waals surface area contributed by atoms with Gasteiger partial charge in [-0.3, -0.25) is 0 Å². The molecule has 0 aromatic carbocycles. The highest BCUT2D eigenvalue weighted by molar-refractivity contribution is 5.68. The Balaban J connectivity index is 1.58. The van der Waals surface area contributed by atoms with Crippen LogP contribution in [0.2, 0.25) is 0 Å². The Morgan fingerprint density at radius 2 is 1.90 bits per heavy atom. The molecule has 1 amide bonds. The molecule has 2 rings (SSSR count). The van der Waals surface area contributed by atoms with Gasteiger partial charge in [-0.25, -0.2) is 4.79 Å². The zero-order valence-electron chi connectivity index (χ0n) is 13.8. The average molecular weight is 298 g/mol. The van der Waals surface area contributed by atoms with Crippen molar-refractivity contribution in [3.8, 4) is 0 Å². The molecule has 0 aromatic rings. The van der Waals surface area contributed by atoms with Gasteiger partial charge < -0.3 is 19.3 Å². The normalized spacial score (nSPS) is 23.8. The fourth-order valence-electron chi connectivity index (χ4n) is 2.91. The van der Waals surface area contributed by atoms with Crippen LogP contribution in [0, 0.1) is 5.92 Å². The summed E-state index contributed by atoms with van der Waals surface area (Å²) in [4.78, 5) is 16.2. The summed E-state index contributed by atoms with van der Waals surface area (Å²) >= 11 is 0. The van der Waals surface area contributed by atoms with Crippen molar-refractivity contribution in [2.75, 3.05) is 45.9 Å². The van der Waals surface area contributed by atoms with Crippen molar-refractivity contribution >= 4 is 6.09 Å². The molecule has 2 aliphatic heterocycles. The fraction of sp³-hybridized carbons (Fsp3) is 0.938. The van der Waals surface area contributed by atoms with E-state index < -0.39 is 5.60 Å². The van der Waals surface area contributed by atoms with E-state index in [1.807, 2.05) is 20.8 Å². The van der Waals surface area contributed by atoms with Crippen molar-refractivity contribution in [1.29, 1.82) is 0 Å². The van der Waals surface area contributed by atoms with Gasteiger partial charge in [-0.2, -0.15) is 0 Å². The maximum absolute atomic E-state index is 12.0. The zero-order valence-corrected chi connectivity index (χ0v) is 13.8. The maximum atomic E-state index is 12.0. The Hall–Kier alpha value is -0.810. The smallest absolute Gasteiger partial charge is 0.410 e. The van der Waals surface area contributed by atoms with Crippen LogP contribution in [0.1, 0.15) is 40.0 Å². The van der Waals surface area contributed by atoms with E-state index in [4.69, 9.17) is 9.47 Å². The molecule has 1 unspecified atom stereocenters. The largest absolute Gasteiger partial charge is 0.444 e. The first-order chi connectivity index (χ1) is 9.94. The molecular formula is C16H30N2O3. The minimum Gasteiger partial charge on any atom is -0.444 e. The molecule has 5 heteroatoms. The predicted octanol–water partition coefficient (Wildman–Crippen LogP) is 2.36. The van der Waals surface area contributed by atoms with Crippen LogP contribution in [0.5, 0.6) is 0 Å². The number of nitrogens with zero attached hydrogens (tertiary/aromatic N) is 2. The van der Waals surface area contributed by atoms with Crippen molar-refractivity contribution in [1.82, 2.24) is 9.80 Å². The second-order valence-corrected chi connectivity index (χ2v) is 7.20. The monoisotopic (exact) mass is 298 g/mol. The summed E-state index contributed by atoms with van der Waals surface area (Å²) in [6, 6.07) is 0. The van der Waals surface area contributed by atoms with Crippen LogP contribution in [0.3, 0.4) is 0 Å². The van der Waals surface area contributed by atoms with E-state index >= 15 is 0 Å². The summed E-state index contributed by atoms with van der Waals surface area (Å²) in [6.07, 6.45) is 3.48. The number of rotatable bonds is 5. The van der Waals surface area contributed by atoms with Crippen molar-refractivity contribution < 1.29 is 14.3 Å². The van der Waals surface area contributed by atoms with Gasteiger partial charge >= 0.3 is 6.09 Å². The van der Waals surface area contributed by atoms with Crippen LogP contribution in [0.25, 0.3) is 0 Å². The SMILES string of the molecule is CC(C)(C)OC(=O)N1CCC(COCCN2CCCC2)C1. The molecule has 0 radical (unpaired) electrons. The van der Waals surface area contributed by atoms with Crippen LogP contribution in [-0.4, -0.2) is 67.4 Å². The summed E-state index contributed by atoms with van der Waals surface area (Å²) in [6.45, 7) is 12.3. The van der Waals surface area contributed by atoms with Crippen LogP contribution < -0.4 is 0 Å². The summed E-state index contributed by atoms with van der Waals surface area (Å²) in [7, 11) is 0. The molecule has 0 aromatic heterocycles. The minimum atomic E-state index is -0.415. The average Bonchev–Trinajstić information content (AvgIpc) is 3.04. The van der Waals surface area contributed by atoms with Crippen LogP contribution >= 0.6 is 0 Å². The number of hydrogen-bond acceptors (Lipinski definition) is 4. The molecule has 2 saturated heterocycles. The minimum absolute atomic E-state index is 0.193. The molecule has 2 heterocycles. The molecule has 0 spiro atoms. The molecule has 0 aliphatic carbocycles. The Morgan fingerprint density at radius 3 is 2.57 bits per heavy atom. The predicted molar refractivity (Wildman–Crippen MR) is 82.4 cm³/mol. The number of hydrogen-bond donors (Lipinski definition) is 0. The lowest BCUT2D eigenvalue weighted by Gasteiger charge is -2.24. The van der Waals surface area contributed by atoms with E-state index in [0.29, 0.717) is 5.92 Å². The summed E-state index contributed by atoms with van der Waals surface area (Å²) in [5.41, 5.74) is -0.415. The summed E-state index contributed by atoms with van der Waals surface area (Å²) in [5, 5.41) is 0. The number of amides is 1. The highest BCUT2D eigenvalue weighted by Crippen LogP contribution is 2.19. The molecule has 0 N–H and O–H groups in total. The van der Waals surface area contributed by atoms with Crippen molar-refractivity contribution in [2.45, 2.75) is 45.6 Å². The first kappa shape index (κ1) is 16.6. The molecule has 2 fully saturated rings. The van der Waals surface area contributed by atoms with Crippen molar-refractivity contribution in [3.63, 3.8) is 0 Å². The molecule has 2 aliphatic rings. The van der Waals surface area contributed by atoms with E-state index in [-0.39, 0.29) is 6.09 Å². The first-order valence-corrected chi connectivity index (χ1v) is 8.22. The third-order valence-corrected chi connectivity index (χ3v) is 4.04. The van der Waals surface area contributed by atoms with Gasteiger partial charge in [-0.05, 0) is 53.1 Å². The molecule has 5 nitrogen and oxygen atoms in total. The Labute approximate surface area is 128 Å². The number of ether oxygens (including phenoxy) is 2. The van der Waals surface area contributed by atoms with Crippen molar-refractivity contribution in [3.05, 3.63) is 0 Å². The molecule has 1 atom stereocenters. The van der Waals surface area contributed by atoms with Gasteiger partial charge in [0.1, 0.15) is 5.60 Å². The highest BCUT2D eigenvalue weighted by Gasteiger charge is 2.29. The lowest BCUT2D eigenvalue weighted by molar-refractivity contribution is 0.0272. The third kappa shape index (κ3) is 5.83. The molecular weight excluding hydrogens is 268 g/mol. The van der Waals surface area contributed by atoms with Gasteiger partial charge in [0.05, 0.1) is 13.2 Å². The zero-order chi connectivity index (χ0) is 15.3. The second-order valence-electron chi connectivity index (χ2n) is 7.20. The van der Waals surface area contributed by atoms with E-state index in [1.54, 1.807) is 4.90 Å². The van der Waals surface area contributed by atoms with Crippen molar-refractivity contribution in [2.24, 2.45) is 5.92 Å². The topological polar surface area (TPSA) is 42.0 Å². The molecule has 122 valence electrons. The van der Waals surface area contributed by atoms with E-state index in [1.165, 1.54) is 25.9 Å². The molecule has 0 bridgehead atoms. The van der Waals surface area contributed by atoms with Gasteiger partial charge in [0, 0.05) is 25.6 Å². The summed E-state index contributed by atoms with van der Waals surface area (Å²) in [5.74, 6) is 0.455. The molecule has 21 heavy (non-hydrogen) atoms. The molecule has 0 saturated carbocycles. The van der Waals surface area contributed by atoms with Gasteiger partial charge in [0.25, 0.3) is 0 Å². The van der Waals surface area contributed by atoms with E-state index in [2.05, 4.69) is 4.90 Å². The fourth-order valence-corrected chi connectivity index (χ4v) is 2.91. The highest BCUT2D eigenvalue weighted by atomic mass is 16.6. The van der Waals surface area contributed by atoms with E-state index in [0.717, 1.165) is 39.3 Å². The summed E-state index contributed by atoms with van der Waals surface area (Å²) < 4.78 is 11.2. The number of likely N-dealkylation sites (tertiary alicyclic amines) is 2. The number of carbonyl (C=O) groups is 1. The standard InChI is InChI=1S/C16H30N2O3/c1-16(2,3)21-15(19)18-9-6-14(12-18)13-20-11-10-17-7-4-5-8-17/h14H,4-13H2,1-3H3. The lowest BCUT2D eigenvalue weighted by Crippen LogP contribution is -2.35. The van der Waals surface area contributed by atoms with Crippen LogP contribution in [0.4, 0.5) is 4.79 Å². The second kappa shape index (κ2) is 7.45. The Bertz CT molecular complexity index is 335.